The van der Waals surface area contributed by atoms with E-state index in [1.807, 2.05) is 24.3 Å². The Morgan fingerprint density at radius 2 is 1.68 bits per heavy atom. The number of nitrogens with zero attached hydrogens (tertiary/aromatic N) is 2. The molecule has 1 aromatic heterocycles. The van der Waals surface area contributed by atoms with Crippen LogP contribution in [0.25, 0.3) is 0 Å². The highest BCUT2D eigenvalue weighted by Gasteiger charge is 2.22. The first-order chi connectivity index (χ1) is 13.3. The number of aryl methyl sites for hydroxylation is 1. The summed E-state index contributed by atoms with van der Waals surface area (Å²) in [6, 6.07) is 9.96. The minimum absolute atomic E-state index is 0.00693. The molecule has 0 aliphatic carbocycles. The highest BCUT2D eigenvalue weighted by Crippen LogP contribution is 2.14. The van der Waals surface area contributed by atoms with Gasteiger partial charge in [-0.1, -0.05) is 39.3 Å². The summed E-state index contributed by atoms with van der Waals surface area (Å²) < 4.78 is 27.7. The third-order valence-electron chi connectivity index (χ3n) is 4.39. The molecule has 152 valence electrons. The van der Waals surface area contributed by atoms with Gasteiger partial charge in [0.2, 0.25) is 15.9 Å². The molecule has 28 heavy (non-hydrogen) atoms. The zero-order valence-corrected chi connectivity index (χ0v) is 17.3. The molecule has 1 aromatic carbocycles. The first kappa shape index (κ1) is 21.8. The van der Waals surface area contributed by atoms with Crippen LogP contribution in [0, 0.1) is 0 Å². The van der Waals surface area contributed by atoms with Gasteiger partial charge in [-0.15, -0.1) is 0 Å². The number of hydrogen-bond acceptors (Lipinski definition) is 4. The Hall–Kier alpha value is -2.45. The molecule has 0 unspecified atom stereocenters. The van der Waals surface area contributed by atoms with Gasteiger partial charge in [-0.2, -0.15) is 4.31 Å². The third-order valence-corrected chi connectivity index (χ3v) is 6.42. The molecule has 0 radical (unpaired) electrons. The largest absolute Gasteiger partial charge is 0.325 e. The van der Waals surface area contributed by atoms with Crippen molar-refractivity contribution < 1.29 is 13.2 Å². The zero-order valence-electron chi connectivity index (χ0n) is 16.5. The Morgan fingerprint density at radius 3 is 2.25 bits per heavy atom. The zero-order chi connectivity index (χ0) is 20.7. The van der Waals surface area contributed by atoms with Crippen LogP contribution in [0.1, 0.15) is 32.8 Å². The highest BCUT2D eigenvalue weighted by atomic mass is 32.2. The molecule has 0 atom stereocenters. The van der Waals surface area contributed by atoms with Gasteiger partial charge in [0.25, 0.3) is 5.56 Å². The van der Waals surface area contributed by atoms with Gasteiger partial charge in [0.1, 0.15) is 6.54 Å². The molecule has 1 heterocycles. The maximum atomic E-state index is 12.6. The fourth-order valence-electron chi connectivity index (χ4n) is 2.90. The molecule has 0 saturated heterocycles. The SMILES string of the molecule is CCCc1ccc(NC(=O)Cn2cc(S(=O)(=O)N(CC)CC)ccc2=O)cc1. The van der Waals surface area contributed by atoms with Crippen molar-refractivity contribution in [3.63, 3.8) is 0 Å². The van der Waals surface area contributed by atoms with Gasteiger partial charge in [0, 0.05) is 31.0 Å². The van der Waals surface area contributed by atoms with Crippen LogP contribution in [0.4, 0.5) is 5.69 Å². The quantitative estimate of drug-likeness (QED) is 0.694. The molecule has 0 saturated carbocycles. The number of rotatable bonds is 9. The van der Waals surface area contributed by atoms with Crippen molar-refractivity contribution in [3.05, 3.63) is 58.5 Å². The summed E-state index contributed by atoms with van der Waals surface area (Å²) in [5, 5.41) is 2.73. The monoisotopic (exact) mass is 405 g/mol. The standard InChI is InChI=1S/C20H27N3O4S/c1-4-7-16-8-10-17(11-9-16)21-19(24)15-22-14-18(12-13-20(22)25)28(26,27)23(5-2)6-3/h8-14H,4-7,15H2,1-3H3,(H,21,24). The van der Waals surface area contributed by atoms with Crippen LogP contribution in [0.2, 0.25) is 0 Å². The molecule has 0 aliphatic heterocycles. The van der Waals surface area contributed by atoms with Gasteiger partial charge in [0.15, 0.2) is 0 Å². The molecule has 1 N–H and O–H groups in total. The lowest BCUT2D eigenvalue weighted by atomic mass is 10.1. The van der Waals surface area contributed by atoms with Gasteiger partial charge in [-0.3, -0.25) is 9.59 Å². The predicted octanol–water partition coefficient (Wildman–Crippen LogP) is 2.47. The lowest BCUT2D eigenvalue weighted by Crippen LogP contribution is -2.33. The minimum atomic E-state index is -3.70. The Morgan fingerprint density at radius 1 is 1.04 bits per heavy atom. The first-order valence-electron chi connectivity index (χ1n) is 9.41. The molecular formula is C20H27N3O4S. The van der Waals surface area contributed by atoms with Crippen LogP contribution in [-0.4, -0.2) is 36.3 Å². The van der Waals surface area contributed by atoms with Crippen molar-refractivity contribution in [2.45, 2.75) is 45.1 Å². The summed E-state index contributed by atoms with van der Waals surface area (Å²) in [7, 11) is -3.70. The van der Waals surface area contributed by atoms with Crippen molar-refractivity contribution >= 4 is 21.6 Å². The topological polar surface area (TPSA) is 88.5 Å². The average molecular weight is 406 g/mol. The number of anilines is 1. The van der Waals surface area contributed by atoms with E-state index in [0.717, 1.165) is 17.4 Å². The van der Waals surface area contributed by atoms with Crippen molar-refractivity contribution in [1.82, 2.24) is 8.87 Å². The number of benzene rings is 1. The van der Waals surface area contributed by atoms with Crippen LogP contribution >= 0.6 is 0 Å². The molecule has 0 bridgehead atoms. The van der Waals surface area contributed by atoms with Gasteiger partial charge >= 0.3 is 0 Å². The fraction of sp³-hybridized carbons (Fsp3) is 0.400. The number of carbonyl (C=O) groups excluding carboxylic acids is 1. The van der Waals surface area contributed by atoms with Gasteiger partial charge in [0.05, 0.1) is 4.90 Å². The van der Waals surface area contributed by atoms with Crippen LogP contribution in [-0.2, 0) is 27.8 Å². The number of sulfonamides is 1. The van der Waals surface area contributed by atoms with E-state index in [4.69, 9.17) is 0 Å². The van der Waals surface area contributed by atoms with Crippen molar-refractivity contribution in [2.24, 2.45) is 0 Å². The molecule has 2 rings (SSSR count). The highest BCUT2D eigenvalue weighted by molar-refractivity contribution is 7.89. The lowest BCUT2D eigenvalue weighted by Gasteiger charge is -2.19. The van der Waals surface area contributed by atoms with E-state index in [-0.39, 0.29) is 11.4 Å². The summed E-state index contributed by atoms with van der Waals surface area (Å²) in [5.74, 6) is -0.400. The van der Waals surface area contributed by atoms with E-state index < -0.39 is 21.5 Å². The molecule has 0 fully saturated rings. The van der Waals surface area contributed by atoms with E-state index in [0.29, 0.717) is 18.8 Å². The van der Waals surface area contributed by atoms with Crippen LogP contribution in [0.3, 0.4) is 0 Å². The molecule has 8 heteroatoms. The summed E-state index contributed by atoms with van der Waals surface area (Å²) in [6.45, 7) is 5.98. The fourth-order valence-corrected chi connectivity index (χ4v) is 4.38. The number of carbonyl (C=O) groups is 1. The second-order valence-corrected chi connectivity index (χ2v) is 8.35. The maximum Gasteiger partial charge on any atom is 0.251 e. The average Bonchev–Trinajstić information content (AvgIpc) is 2.66. The van der Waals surface area contributed by atoms with Crippen molar-refractivity contribution in [1.29, 1.82) is 0 Å². The van der Waals surface area contributed by atoms with Crippen LogP contribution in [0.5, 0.6) is 0 Å². The predicted molar refractivity (Wildman–Crippen MR) is 110 cm³/mol. The Kier molecular flexibility index (Phi) is 7.53. The van der Waals surface area contributed by atoms with Crippen LogP contribution in [0.15, 0.2) is 52.3 Å². The number of amides is 1. The number of hydrogen-bond donors (Lipinski definition) is 1. The van der Waals surface area contributed by atoms with Crippen LogP contribution < -0.4 is 10.9 Å². The first-order valence-corrected chi connectivity index (χ1v) is 10.8. The number of nitrogens with one attached hydrogen (secondary N) is 1. The minimum Gasteiger partial charge on any atom is -0.325 e. The normalized spacial score (nSPS) is 11.6. The molecule has 0 aliphatic rings. The lowest BCUT2D eigenvalue weighted by molar-refractivity contribution is -0.116. The number of pyridine rings is 1. The Bertz CT molecular complexity index is 962. The number of aromatic nitrogens is 1. The summed E-state index contributed by atoms with van der Waals surface area (Å²) >= 11 is 0. The molecule has 7 nitrogen and oxygen atoms in total. The molecule has 1 amide bonds. The summed E-state index contributed by atoms with van der Waals surface area (Å²) in [4.78, 5) is 24.4. The smallest absolute Gasteiger partial charge is 0.251 e. The molecule has 0 spiro atoms. The van der Waals surface area contributed by atoms with E-state index in [2.05, 4.69) is 12.2 Å². The third kappa shape index (κ3) is 5.30. The molecule has 2 aromatic rings. The second-order valence-electron chi connectivity index (χ2n) is 6.42. The summed E-state index contributed by atoms with van der Waals surface area (Å²) in [5.41, 5.74) is 1.38. The van der Waals surface area contributed by atoms with Gasteiger partial charge < -0.3 is 9.88 Å². The van der Waals surface area contributed by atoms with Crippen molar-refractivity contribution in [3.8, 4) is 0 Å². The Labute approximate surface area is 166 Å². The van der Waals surface area contributed by atoms with E-state index in [9.17, 15) is 18.0 Å². The maximum absolute atomic E-state index is 12.6. The van der Waals surface area contributed by atoms with Gasteiger partial charge in [-0.05, 0) is 30.2 Å². The molecular weight excluding hydrogens is 378 g/mol. The second kappa shape index (κ2) is 9.66. The summed E-state index contributed by atoms with van der Waals surface area (Å²) in [6.07, 6.45) is 3.23. The van der Waals surface area contributed by atoms with E-state index in [1.54, 1.807) is 13.8 Å². The Balaban J connectivity index is 2.17. The van der Waals surface area contributed by atoms with Gasteiger partial charge in [-0.25, -0.2) is 8.42 Å². The van der Waals surface area contributed by atoms with E-state index >= 15 is 0 Å². The van der Waals surface area contributed by atoms with Crippen molar-refractivity contribution in [2.75, 3.05) is 18.4 Å². The van der Waals surface area contributed by atoms with E-state index in [1.165, 1.54) is 28.2 Å².